The van der Waals surface area contributed by atoms with Crippen molar-refractivity contribution in [2.75, 3.05) is 6.54 Å². The normalized spacial score (nSPS) is 17.8. The molecule has 20 heavy (non-hydrogen) atoms. The summed E-state index contributed by atoms with van der Waals surface area (Å²) >= 11 is 0. The van der Waals surface area contributed by atoms with Crippen molar-refractivity contribution in [2.45, 2.75) is 12.5 Å². The fourth-order valence-corrected chi connectivity index (χ4v) is 2.02. The topological polar surface area (TPSA) is 88.9 Å². The third kappa shape index (κ3) is 2.51. The largest absolute Gasteiger partial charge is 0.354 e. The van der Waals surface area contributed by atoms with Gasteiger partial charge in [0, 0.05) is 13.0 Å². The monoisotopic (exact) mass is 271 g/mol. The zero-order valence-corrected chi connectivity index (χ0v) is 10.6. The first-order valence-corrected chi connectivity index (χ1v) is 6.28. The van der Waals surface area contributed by atoms with Crippen LogP contribution in [0.4, 0.5) is 0 Å². The molecule has 1 fully saturated rings. The van der Waals surface area contributed by atoms with Gasteiger partial charge in [-0.25, -0.2) is 0 Å². The maximum Gasteiger partial charge on any atom is 0.273 e. The van der Waals surface area contributed by atoms with E-state index in [0.717, 1.165) is 5.69 Å². The lowest BCUT2D eigenvalue weighted by Crippen LogP contribution is -2.36. The van der Waals surface area contributed by atoms with E-state index in [1.165, 1.54) is 11.0 Å². The van der Waals surface area contributed by atoms with Crippen LogP contribution in [0.5, 0.6) is 0 Å². The summed E-state index contributed by atoms with van der Waals surface area (Å²) in [5, 5.41) is 13.6. The van der Waals surface area contributed by atoms with E-state index in [0.29, 0.717) is 13.0 Å². The van der Waals surface area contributed by atoms with Gasteiger partial charge in [0.15, 0.2) is 5.69 Å². The zero-order valence-electron chi connectivity index (χ0n) is 10.6. The summed E-state index contributed by atoms with van der Waals surface area (Å²) in [5.41, 5.74) is 1.01. The van der Waals surface area contributed by atoms with Crippen molar-refractivity contribution in [3.8, 4) is 5.69 Å². The van der Waals surface area contributed by atoms with Gasteiger partial charge in [-0.2, -0.15) is 9.90 Å². The van der Waals surface area contributed by atoms with Crippen LogP contribution in [0.15, 0.2) is 36.5 Å². The maximum absolute atomic E-state index is 12.0. The summed E-state index contributed by atoms with van der Waals surface area (Å²) in [5.74, 6) is -0.378. The summed E-state index contributed by atoms with van der Waals surface area (Å²) in [6, 6.07) is 9.15. The Kier molecular flexibility index (Phi) is 3.16. The number of carbonyl (C=O) groups excluding carboxylic acids is 2. The minimum absolute atomic E-state index is 0.0526. The first-order chi connectivity index (χ1) is 9.72. The van der Waals surface area contributed by atoms with E-state index in [1.807, 2.05) is 30.3 Å². The van der Waals surface area contributed by atoms with E-state index < -0.39 is 0 Å². The lowest BCUT2D eigenvalue weighted by molar-refractivity contribution is -0.119. The summed E-state index contributed by atoms with van der Waals surface area (Å²) < 4.78 is 0. The minimum atomic E-state index is -0.325. The Hall–Kier alpha value is -2.70. The van der Waals surface area contributed by atoms with Crippen LogP contribution in [0.3, 0.4) is 0 Å². The Morgan fingerprint density at radius 3 is 2.85 bits per heavy atom. The molecule has 0 saturated carbocycles. The van der Waals surface area contributed by atoms with Crippen LogP contribution in [-0.4, -0.2) is 39.4 Å². The first kappa shape index (κ1) is 12.3. The number of para-hydroxylation sites is 1. The van der Waals surface area contributed by atoms with Gasteiger partial charge in [-0.15, -0.1) is 5.10 Å². The molecule has 1 aliphatic rings. The Bertz CT molecular complexity index is 637. The van der Waals surface area contributed by atoms with Crippen molar-refractivity contribution < 1.29 is 9.59 Å². The molecule has 0 spiro atoms. The average molecular weight is 271 g/mol. The lowest BCUT2D eigenvalue weighted by atomic mass is 10.2. The number of nitrogens with one attached hydrogen (secondary N) is 2. The van der Waals surface area contributed by atoms with Gasteiger partial charge in [-0.05, 0) is 12.1 Å². The predicted molar refractivity (Wildman–Crippen MR) is 70.2 cm³/mol. The molecule has 2 aromatic rings. The third-order valence-corrected chi connectivity index (χ3v) is 3.02. The van der Waals surface area contributed by atoms with Crippen molar-refractivity contribution >= 4 is 11.8 Å². The number of carbonyl (C=O) groups is 2. The van der Waals surface area contributed by atoms with Gasteiger partial charge in [0.2, 0.25) is 5.91 Å². The molecule has 1 aromatic heterocycles. The van der Waals surface area contributed by atoms with Gasteiger partial charge in [0.1, 0.15) is 0 Å². The van der Waals surface area contributed by atoms with Gasteiger partial charge < -0.3 is 10.6 Å². The van der Waals surface area contributed by atoms with Crippen LogP contribution in [-0.2, 0) is 4.79 Å². The molecule has 0 unspecified atom stereocenters. The maximum atomic E-state index is 12.0. The molecule has 7 nitrogen and oxygen atoms in total. The first-order valence-electron chi connectivity index (χ1n) is 6.28. The molecule has 7 heteroatoms. The standard InChI is InChI=1S/C13H13N5O2/c19-12-6-9(7-14-12)16-13(20)11-8-15-18(17-11)10-4-2-1-3-5-10/h1-5,8-9H,6-7H2,(H,14,19)(H,16,20)/t9-/m1/s1. The molecule has 0 bridgehead atoms. The molecular weight excluding hydrogens is 258 g/mol. The van der Waals surface area contributed by atoms with Gasteiger partial charge in [0.05, 0.1) is 17.9 Å². The van der Waals surface area contributed by atoms with E-state index in [9.17, 15) is 9.59 Å². The van der Waals surface area contributed by atoms with Crippen LogP contribution in [0.1, 0.15) is 16.9 Å². The third-order valence-electron chi connectivity index (χ3n) is 3.02. The number of benzene rings is 1. The van der Waals surface area contributed by atoms with Gasteiger partial charge in [0.25, 0.3) is 5.91 Å². The molecule has 102 valence electrons. The molecule has 1 aromatic carbocycles. The lowest BCUT2D eigenvalue weighted by Gasteiger charge is -2.07. The molecule has 2 heterocycles. The van der Waals surface area contributed by atoms with Crippen molar-refractivity contribution in [3.63, 3.8) is 0 Å². The highest BCUT2D eigenvalue weighted by Crippen LogP contribution is 2.05. The molecule has 1 aliphatic heterocycles. The predicted octanol–water partition coefficient (Wildman–Crippen LogP) is -0.114. The number of rotatable bonds is 3. The summed E-state index contributed by atoms with van der Waals surface area (Å²) in [6.07, 6.45) is 1.71. The highest BCUT2D eigenvalue weighted by atomic mass is 16.2. The van der Waals surface area contributed by atoms with Crippen molar-refractivity contribution in [1.82, 2.24) is 25.6 Å². The van der Waals surface area contributed by atoms with Crippen LogP contribution in [0, 0.1) is 0 Å². The second-order valence-corrected chi connectivity index (χ2v) is 4.53. The quantitative estimate of drug-likeness (QED) is 0.815. The fourth-order valence-electron chi connectivity index (χ4n) is 2.02. The fraction of sp³-hybridized carbons (Fsp3) is 0.231. The van der Waals surface area contributed by atoms with Crippen LogP contribution >= 0.6 is 0 Å². The molecular formula is C13H13N5O2. The molecule has 2 N–H and O–H groups in total. The van der Waals surface area contributed by atoms with Crippen LogP contribution in [0.2, 0.25) is 0 Å². The number of hydrogen-bond donors (Lipinski definition) is 2. The molecule has 0 aliphatic carbocycles. The van der Waals surface area contributed by atoms with E-state index in [-0.39, 0.29) is 23.6 Å². The number of hydrogen-bond acceptors (Lipinski definition) is 4. The van der Waals surface area contributed by atoms with Crippen molar-refractivity contribution in [2.24, 2.45) is 0 Å². The number of aromatic nitrogens is 3. The second-order valence-electron chi connectivity index (χ2n) is 4.53. The van der Waals surface area contributed by atoms with Crippen molar-refractivity contribution in [3.05, 3.63) is 42.2 Å². The summed E-state index contributed by atoms with van der Waals surface area (Å²) in [6.45, 7) is 0.456. The molecule has 0 radical (unpaired) electrons. The van der Waals surface area contributed by atoms with Crippen LogP contribution < -0.4 is 10.6 Å². The summed E-state index contributed by atoms with van der Waals surface area (Å²) in [7, 11) is 0. The van der Waals surface area contributed by atoms with Gasteiger partial charge in [-0.1, -0.05) is 18.2 Å². The van der Waals surface area contributed by atoms with Crippen molar-refractivity contribution in [1.29, 1.82) is 0 Å². The second kappa shape index (κ2) is 5.12. The van der Waals surface area contributed by atoms with Gasteiger partial charge in [-0.3, -0.25) is 9.59 Å². The Balaban J connectivity index is 1.70. The van der Waals surface area contributed by atoms with E-state index >= 15 is 0 Å². The number of amides is 2. The highest BCUT2D eigenvalue weighted by Gasteiger charge is 2.24. The SMILES string of the molecule is O=C1C[C@@H](NC(=O)c2cnn(-c3ccccc3)n2)CN1. The van der Waals surface area contributed by atoms with Crippen LogP contribution in [0.25, 0.3) is 5.69 Å². The van der Waals surface area contributed by atoms with Gasteiger partial charge >= 0.3 is 0 Å². The van der Waals surface area contributed by atoms with E-state index in [4.69, 9.17) is 0 Å². The Labute approximate surface area is 115 Å². The molecule has 2 amide bonds. The molecule has 1 saturated heterocycles. The molecule has 3 rings (SSSR count). The minimum Gasteiger partial charge on any atom is -0.354 e. The Morgan fingerprint density at radius 2 is 2.15 bits per heavy atom. The number of nitrogens with zero attached hydrogens (tertiary/aromatic N) is 3. The van der Waals surface area contributed by atoms with E-state index in [1.54, 1.807) is 0 Å². The average Bonchev–Trinajstić information content (AvgIpc) is 3.09. The summed E-state index contributed by atoms with van der Waals surface area (Å²) in [4.78, 5) is 24.4. The Morgan fingerprint density at radius 1 is 1.35 bits per heavy atom. The smallest absolute Gasteiger partial charge is 0.273 e. The molecule has 1 atom stereocenters. The highest BCUT2D eigenvalue weighted by molar-refractivity contribution is 5.93. The zero-order chi connectivity index (χ0) is 13.9. The van der Waals surface area contributed by atoms with E-state index in [2.05, 4.69) is 20.8 Å².